The number of halogens is 1. The number of hydrogen-bond acceptors (Lipinski definition) is 0. The molecule has 0 radical (unpaired) electrons. The van der Waals surface area contributed by atoms with Gasteiger partial charge in [-0.1, -0.05) is 68.2 Å². The quantitative estimate of drug-likeness (QED) is 0.337. The van der Waals surface area contributed by atoms with Gasteiger partial charge in [0.2, 0.25) is 0 Å². The minimum absolute atomic E-state index is 0.674. The third-order valence-electron chi connectivity index (χ3n) is 2.65. The molecule has 0 fully saturated rings. The SMILES string of the molecule is C=CC(I)CCC(CC)CCCC. The molecule has 0 nitrogen and oxygen atoms in total. The van der Waals surface area contributed by atoms with Crippen LogP contribution in [-0.2, 0) is 0 Å². The largest absolute Gasteiger partial charge is 0.102 e. The van der Waals surface area contributed by atoms with Crippen LogP contribution in [0, 0.1) is 5.92 Å². The highest BCUT2D eigenvalue weighted by atomic mass is 127. The smallest absolute Gasteiger partial charge is 0.0286 e. The van der Waals surface area contributed by atoms with E-state index in [1.54, 1.807) is 0 Å². The minimum atomic E-state index is 0.674. The Balaban J connectivity index is 3.52. The molecule has 0 aromatic heterocycles. The van der Waals surface area contributed by atoms with Gasteiger partial charge in [0.25, 0.3) is 0 Å². The monoisotopic (exact) mass is 294 g/mol. The zero-order valence-corrected chi connectivity index (χ0v) is 11.2. The molecule has 0 amide bonds. The van der Waals surface area contributed by atoms with Gasteiger partial charge in [-0.2, -0.15) is 0 Å². The van der Waals surface area contributed by atoms with Gasteiger partial charge in [0.05, 0.1) is 0 Å². The molecule has 0 aliphatic carbocycles. The van der Waals surface area contributed by atoms with Crippen LogP contribution in [0.2, 0.25) is 0 Å². The van der Waals surface area contributed by atoms with Gasteiger partial charge in [-0.25, -0.2) is 0 Å². The number of rotatable bonds is 8. The van der Waals surface area contributed by atoms with E-state index in [4.69, 9.17) is 0 Å². The first-order valence-electron chi connectivity index (χ1n) is 5.51. The van der Waals surface area contributed by atoms with E-state index in [1.165, 1.54) is 38.5 Å². The molecule has 0 heterocycles. The van der Waals surface area contributed by atoms with Gasteiger partial charge in [-0.3, -0.25) is 0 Å². The van der Waals surface area contributed by atoms with E-state index in [1.807, 2.05) is 0 Å². The fraction of sp³-hybridized carbons (Fsp3) is 0.833. The molecule has 0 bridgehead atoms. The third-order valence-corrected chi connectivity index (χ3v) is 3.78. The second-order valence-corrected chi connectivity index (χ2v) is 5.35. The Morgan fingerprint density at radius 2 is 1.92 bits per heavy atom. The van der Waals surface area contributed by atoms with Crippen molar-refractivity contribution in [2.45, 2.75) is 56.3 Å². The molecule has 2 unspecified atom stereocenters. The zero-order chi connectivity index (χ0) is 10.1. The summed E-state index contributed by atoms with van der Waals surface area (Å²) >= 11 is 2.47. The van der Waals surface area contributed by atoms with Crippen LogP contribution in [0.25, 0.3) is 0 Å². The van der Waals surface area contributed by atoms with E-state index in [0.717, 1.165) is 5.92 Å². The summed E-state index contributed by atoms with van der Waals surface area (Å²) in [5, 5.41) is 0. The lowest BCUT2D eigenvalue weighted by Gasteiger charge is -2.14. The van der Waals surface area contributed by atoms with E-state index in [0.29, 0.717) is 3.92 Å². The lowest BCUT2D eigenvalue weighted by atomic mass is 9.94. The van der Waals surface area contributed by atoms with Crippen LogP contribution in [0.15, 0.2) is 12.7 Å². The Morgan fingerprint density at radius 1 is 1.23 bits per heavy atom. The van der Waals surface area contributed by atoms with E-state index in [9.17, 15) is 0 Å². The maximum absolute atomic E-state index is 3.82. The number of alkyl halides is 1. The van der Waals surface area contributed by atoms with Crippen molar-refractivity contribution in [3.63, 3.8) is 0 Å². The van der Waals surface area contributed by atoms with Crippen molar-refractivity contribution in [1.82, 2.24) is 0 Å². The Morgan fingerprint density at radius 3 is 2.38 bits per heavy atom. The van der Waals surface area contributed by atoms with Gasteiger partial charge < -0.3 is 0 Å². The second-order valence-electron chi connectivity index (χ2n) is 3.75. The minimum Gasteiger partial charge on any atom is -0.102 e. The summed E-state index contributed by atoms with van der Waals surface area (Å²) in [5.41, 5.74) is 0. The van der Waals surface area contributed by atoms with Crippen LogP contribution in [0.1, 0.15) is 52.4 Å². The van der Waals surface area contributed by atoms with E-state index >= 15 is 0 Å². The van der Waals surface area contributed by atoms with Gasteiger partial charge in [-0.05, 0) is 18.8 Å². The summed E-state index contributed by atoms with van der Waals surface area (Å²) in [7, 11) is 0. The maximum atomic E-state index is 3.82. The first kappa shape index (κ1) is 13.5. The third kappa shape index (κ3) is 7.53. The molecule has 0 aliphatic heterocycles. The highest BCUT2D eigenvalue weighted by Crippen LogP contribution is 2.21. The summed E-state index contributed by atoms with van der Waals surface area (Å²) in [4.78, 5) is 0. The predicted molar refractivity (Wildman–Crippen MR) is 70.5 cm³/mol. The number of allylic oxidation sites excluding steroid dienone is 1. The molecule has 0 aromatic carbocycles. The molecule has 0 saturated carbocycles. The number of hydrogen-bond donors (Lipinski definition) is 0. The molecule has 0 rings (SSSR count). The summed E-state index contributed by atoms with van der Waals surface area (Å²) in [6, 6.07) is 0. The standard InChI is InChI=1S/C12H23I/c1-4-7-8-11(5-2)9-10-12(13)6-3/h6,11-12H,3-5,7-10H2,1-2H3. The molecule has 78 valence electrons. The van der Waals surface area contributed by atoms with Crippen LogP contribution in [0.5, 0.6) is 0 Å². The van der Waals surface area contributed by atoms with Gasteiger partial charge >= 0.3 is 0 Å². The molecular formula is C12H23I. The lowest BCUT2D eigenvalue weighted by Crippen LogP contribution is -2.02. The van der Waals surface area contributed by atoms with Crippen molar-refractivity contribution in [3.8, 4) is 0 Å². The van der Waals surface area contributed by atoms with Crippen molar-refractivity contribution < 1.29 is 0 Å². The van der Waals surface area contributed by atoms with Crippen LogP contribution in [0.3, 0.4) is 0 Å². The van der Waals surface area contributed by atoms with Gasteiger partial charge in [0, 0.05) is 3.92 Å². The van der Waals surface area contributed by atoms with Crippen molar-refractivity contribution in [2.75, 3.05) is 0 Å². The summed E-state index contributed by atoms with van der Waals surface area (Å²) in [6.45, 7) is 8.41. The second kappa shape index (κ2) is 9.04. The highest BCUT2D eigenvalue weighted by Gasteiger charge is 2.07. The average molecular weight is 294 g/mol. The Kier molecular flexibility index (Phi) is 9.37. The molecule has 13 heavy (non-hydrogen) atoms. The molecule has 1 heteroatoms. The van der Waals surface area contributed by atoms with E-state index in [2.05, 4.69) is 49.1 Å². The lowest BCUT2D eigenvalue weighted by molar-refractivity contribution is 0.414. The van der Waals surface area contributed by atoms with Crippen molar-refractivity contribution >= 4 is 22.6 Å². The van der Waals surface area contributed by atoms with Crippen molar-refractivity contribution in [2.24, 2.45) is 5.92 Å². The predicted octanol–water partition coefficient (Wildman–Crippen LogP) is 4.97. The first-order chi connectivity index (χ1) is 6.24. The van der Waals surface area contributed by atoms with Crippen molar-refractivity contribution in [1.29, 1.82) is 0 Å². The van der Waals surface area contributed by atoms with Crippen LogP contribution < -0.4 is 0 Å². The van der Waals surface area contributed by atoms with Crippen molar-refractivity contribution in [3.05, 3.63) is 12.7 Å². The van der Waals surface area contributed by atoms with Gasteiger partial charge in [-0.15, -0.1) is 6.58 Å². The topological polar surface area (TPSA) is 0 Å². The molecule has 0 aromatic rings. The molecule has 0 spiro atoms. The van der Waals surface area contributed by atoms with Crippen LogP contribution >= 0.6 is 22.6 Å². The molecule has 0 N–H and O–H groups in total. The number of unbranched alkanes of at least 4 members (excludes halogenated alkanes) is 1. The Labute approximate surface area is 97.3 Å². The van der Waals surface area contributed by atoms with E-state index in [-0.39, 0.29) is 0 Å². The molecular weight excluding hydrogens is 271 g/mol. The molecule has 2 atom stereocenters. The summed E-state index contributed by atoms with van der Waals surface area (Å²) < 4.78 is 0.674. The molecule has 0 saturated heterocycles. The summed E-state index contributed by atoms with van der Waals surface area (Å²) in [5.74, 6) is 0.956. The van der Waals surface area contributed by atoms with Gasteiger partial charge in [0.15, 0.2) is 0 Å². The first-order valence-corrected chi connectivity index (χ1v) is 6.75. The van der Waals surface area contributed by atoms with E-state index < -0.39 is 0 Å². The summed E-state index contributed by atoms with van der Waals surface area (Å²) in [6.07, 6.45) is 10.3. The van der Waals surface area contributed by atoms with Crippen LogP contribution in [-0.4, -0.2) is 3.92 Å². The zero-order valence-electron chi connectivity index (χ0n) is 9.06. The Bertz CT molecular complexity index is 120. The Hall–Kier alpha value is 0.470. The molecule has 0 aliphatic rings. The fourth-order valence-electron chi connectivity index (χ4n) is 1.56. The van der Waals surface area contributed by atoms with Crippen LogP contribution in [0.4, 0.5) is 0 Å². The van der Waals surface area contributed by atoms with Gasteiger partial charge in [0.1, 0.15) is 0 Å². The fourth-order valence-corrected chi connectivity index (χ4v) is 1.92. The average Bonchev–Trinajstić information content (AvgIpc) is 2.17. The maximum Gasteiger partial charge on any atom is 0.0286 e. The normalized spacial score (nSPS) is 15.3. The highest BCUT2D eigenvalue weighted by molar-refractivity contribution is 14.1.